The quantitative estimate of drug-likeness (QED) is 0.230. The molecule has 1 fully saturated rings. The van der Waals surface area contributed by atoms with Crippen molar-refractivity contribution in [1.82, 2.24) is 14.9 Å². The standard InChI is InChI=1S/C34H41FN4O2.C2H6/c1-6-29(27-16-9-7-8-10-17-27)31-30(19-12-11-14-26-15-13-18-28(35)22-26)36-24-37-32(31)39-21-20-38(23-25(39)2)33(40)41-34(3,4)5;1-2/h6-9,13,15-18,22,24-25H,11-12,14,19-21,23H2,1-5H3;1-2H3/b29-6-;/t25-;/m0./s1. The van der Waals surface area contributed by atoms with Crippen molar-refractivity contribution < 1.29 is 13.9 Å². The van der Waals surface area contributed by atoms with Gasteiger partial charge in [-0.1, -0.05) is 50.3 Å². The van der Waals surface area contributed by atoms with Crippen LogP contribution in [0.5, 0.6) is 0 Å². The molecular formula is C36H47FN4O2. The van der Waals surface area contributed by atoms with Gasteiger partial charge in [0.05, 0.1) is 5.69 Å². The van der Waals surface area contributed by atoms with Crippen LogP contribution in [-0.4, -0.2) is 52.2 Å². The molecule has 1 aromatic carbocycles. The molecule has 1 aliphatic heterocycles. The van der Waals surface area contributed by atoms with E-state index in [4.69, 9.17) is 14.7 Å². The molecule has 0 saturated carbocycles. The molecule has 43 heavy (non-hydrogen) atoms. The molecule has 230 valence electrons. The van der Waals surface area contributed by atoms with Gasteiger partial charge in [0.1, 0.15) is 23.6 Å². The molecule has 0 unspecified atom stereocenters. The molecule has 7 heteroatoms. The first-order chi connectivity index (χ1) is 20.7. The number of unbranched alkanes of at least 4 members (excludes halogenated alkanes) is 1. The minimum atomic E-state index is -0.537. The van der Waals surface area contributed by atoms with Crippen molar-refractivity contribution in [2.24, 2.45) is 0 Å². The average molecular weight is 587 g/mol. The van der Waals surface area contributed by atoms with Gasteiger partial charge in [0.25, 0.3) is 0 Å². The van der Waals surface area contributed by atoms with E-state index < -0.39 is 5.60 Å². The first-order valence-electron chi connectivity index (χ1n) is 15.5. The number of aryl methyl sites for hydroxylation is 2. The highest BCUT2D eigenvalue weighted by atomic mass is 19.1. The smallest absolute Gasteiger partial charge is 0.410 e. The maximum atomic E-state index is 13.6. The summed E-state index contributed by atoms with van der Waals surface area (Å²) in [6.45, 7) is 15.5. The van der Waals surface area contributed by atoms with Crippen LogP contribution in [0.25, 0.3) is 5.57 Å². The van der Waals surface area contributed by atoms with Crippen LogP contribution >= 0.6 is 0 Å². The zero-order valence-corrected chi connectivity index (χ0v) is 26.9. The molecule has 1 aromatic heterocycles. The number of allylic oxidation sites excluding steroid dienone is 7. The maximum absolute atomic E-state index is 13.6. The van der Waals surface area contributed by atoms with Gasteiger partial charge in [0, 0.05) is 31.2 Å². The summed E-state index contributed by atoms with van der Waals surface area (Å²) in [5, 5.41) is 0. The highest BCUT2D eigenvalue weighted by molar-refractivity contribution is 5.88. The first kappa shape index (κ1) is 33.5. The third-order valence-electron chi connectivity index (χ3n) is 7.16. The fraction of sp³-hybridized carbons (Fsp3) is 0.444. The van der Waals surface area contributed by atoms with E-state index in [1.807, 2.05) is 71.9 Å². The van der Waals surface area contributed by atoms with Crippen molar-refractivity contribution in [3.63, 3.8) is 0 Å². The van der Waals surface area contributed by atoms with Crippen LogP contribution in [0.1, 0.15) is 78.1 Å². The summed E-state index contributed by atoms with van der Waals surface area (Å²) in [5.74, 6) is 0.674. The summed E-state index contributed by atoms with van der Waals surface area (Å²) in [6.07, 6.45) is 16.8. The first-order valence-corrected chi connectivity index (χ1v) is 15.5. The van der Waals surface area contributed by atoms with E-state index in [0.29, 0.717) is 19.6 Å². The van der Waals surface area contributed by atoms with Gasteiger partial charge in [0.15, 0.2) is 0 Å². The predicted octanol–water partition coefficient (Wildman–Crippen LogP) is 8.26. The number of aromatic nitrogens is 2. The molecule has 4 rings (SSSR count). The van der Waals surface area contributed by atoms with Crippen molar-refractivity contribution in [3.8, 4) is 0 Å². The second kappa shape index (κ2) is 16.0. The molecule has 2 heterocycles. The highest BCUT2D eigenvalue weighted by Crippen LogP contribution is 2.35. The molecule has 0 spiro atoms. The summed E-state index contributed by atoms with van der Waals surface area (Å²) in [5.41, 5.74) is 7.78. The molecule has 1 saturated heterocycles. The summed E-state index contributed by atoms with van der Waals surface area (Å²) < 4.78 is 19.3. The van der Waals surface area contributed by atoms with Crippen LogP contribution in [0.15, 0.2) is 78.4 Å². The lowest BCUT2D eigenvalue weighted by atomic mass is 9.93. The largest absolute Gasteiger partial charge is 0.444 e. The maximum Gasteiger partial charge on any atom is 0.410 e. The van der Waals surface area contributed by atoms with Crippen molar-refractivity contribution in [3.05, 3.63) is 101 Å². The van der Waals surface area contributed by atoms with Gasteiger partial charge in [-0.15, -0.1) is 5.73 Å². The number of piperazine rings is 1. The van der Waals surface area contributed by atoms with Crippen molar-refractivity contribution in [2.45, 2.75) is 85.8 Å². The van der Waals surface area contributed by atoms with E-state index in [1.165, 1.54) is 6.07 Å². The van der Waals surface area contributed by atoms with Crippen LogP contribution in [0.4, 0.5) is 15.0 Å². The zero-order chi connectivity index (χ0) is 31.4. The van der Waals surface area contributed by atoms with E-state index in [1.54, 1.807) is 23.4 Å². The van der Waals surface area contributed by atoms with Crippen LogP contribution in [0.2, 0.25) is 0 Å². The van der Waals surface area contributed by atoms with E-state index in [2.05, 4.69) is 29.7 Å². The van der Waals surface area contributed by atoms with Gasteiger partial charge in [-0.3, -0.25) is 0 Å². The number of nitrogens with zero attached hydrogens (tertiary/aromatic N) is 4. The number of hydrogen-bond donors (Lipinski definition) is 0. The summed E-state index contributed by atoms with van der Waals surface area (Å²) in [7, 11) is 0. The molecule has 0 radical (unpaired) electrons. The van der Waals surface area contributed by atoms with Gasteiger partial charge >= 0.3 is 6.09 Å². The number of benzene rings is 1. The Kier molecular flexibility index (Phi) is 12.5. The van der Waals surface area contributed by atoms with E-state index in [9.17, 15) is 9.18 Å². The Hall–Kier alpha value is -3.96. The van der Waals surface area contributed by atoms with E-state index in [-0.39, 0.29) is 18.0 Å². The average Bonchev–Trinajstić information content (AvgIpc) is 3.26. The van der Waals surface area contributed by atoms with Crippen LogP contribution in [-0.2, 0) is 17.6 Å². The molecule has 1 atom stereocenters. The van der Waals surface area contributed by atoms with E-state index in [0.717, 1.165) is 59.5 Å². The Balaban J connectivity index is 0.00000248. The number of rotatable bonds is 8. The summed E-state index contributed by atoms with van der Waals surface area (Å²) >= 11 is 0. The van der Waals surface area contributed by atoms with Gasteiger partial charge in [-0.2, -0.15) is 0 Å². The minimum absolute atomic E-state index is 0.0299. The Morgan fingerprint density at radius 3 is 2.60 bits per heavy atom. The topological polar surface area (TPSA) is 58.6 Å². The number of halogens is 1. The lowest BCUT2D eigenvalue weighted by Gasteiger charge is -2.41. The van der Waals surface area contributed by atoms with Crippen LogP contribution in [0, 0.1) is 5.82 Å². The van der Waals surface area contributed by atoms with E-state index >= 15 is 0 Å². The van der Waals surface area contributed by atoms with Crippen molar-refractivity contribution in [2.75, 3.05) is 24.5 Å². The monoisotopic (exact) mass is 586 g/mol. The molecule has 2 aromatic rings. The Bertz CT molecular complexity index is 1400. The number of ether oxygens (including phenoxy) is 1. The minimum Gasteiger partial charge on any atom is -0.444 e. The lowest BCUT2D eigenvalue weighted by molar-refractivity contribution is 0.0218. The normalized spacial score (nSPS) is 16.8. The van der Waals surface area contributed by atoms with Crippen LogP contribution in [0.3, 0.4) is 0 Å². The molecular weight excluding hydrogens is 539 g/mol. The number of amides is 1. The van der Waals surface area contributed by atoms with Gasteiger partial charge in [-0.05, 0) is 101 Å². The van der Waals surface area contributed by atoms with Crippen molar-refractivity contribution >= 4 is 17.5 Å². The second-order valence-corrected chi connectivity index (χ2v) is 11.5. The van der Waals surface area contributed by atoms with Gasteiger partial charge in [-0.25, -0.2) is 19.2 Å². The SMILES string of the molecule is C/C=C(/C1=CC=CC=C=C1)c1c(CCCCc2cccc(F)c2)ncnc1N1CCN(C(=O)OC(C)(C)C)C[C@@H]1C.CC. The molecule has 1 aliphatic carbocycles. The number of hydrogen-bond acceptors (Lipinski definition) is 5. The van der Waals surface area contributed by atoms with Crippen LogP contribution < -0.4 is 4.90 Å². The third-order valence-corrected chi connectivity index (χ3v) is 7.16. The lowest BCUT2D eigenvalue weighted by Crippen LogP contribution is -2.55. The van der Waals surface area contributed by atoms with Crippen molar-refractivity contribution in [1.29, 1.82) is 0 Å². The second-order valence-electron chi connectivity index (χ2n) is 11.5. The number of carbonyl (C=O) groups is 1. The fourth-order valence-corrected chi connectivity index (χ4v) is 5.25. The number of carbonyl (C=O) groups excluding carboxylic acids is 1. The Morgan fingerprint density at radius 1 is 1.14 bits per heavy atom. The van der Waals surface area contributed by atoms with Gasteiger partial charge < -0.3 is 14.5 Å². The Morgan fingerprint density at radius 2 is 1.91 bits per heavy atom. The summed E-state index contributed by atoms with van der Waals surface area (Å²) in [4.78, 5) is 26.5. The molecule has 0 N–H and O–H groups in total. The number of anilines is 1. The Labute approximate surface area is 257 Å². The predicted molar refractivity (Wildman–Crippen MR) is 175 cm³/mol. The fourth-order valence-electron chi connectivity index (χ4n) is 5.25. The molecule has 1 amide bonds. The molecule has 6 nitrogen and oxygen atoms in total. The third kappa shape index (κ3) is 9.52. The van der Waals surface area contributed by atoms with Gasteiger partial charge in [0.2, 0.25) is 0 Å². The molecule has 0 bridgehead atoms. The highest BCUT2D eigenvalue weighted by Gasteiger charge is 2.32. The zero-order valence-electron chi connectivity index (χ0n) is 26.9. The molecule has 2 aliphatic rings. The summed E-state index contributed by atoms with van der Waals surface area (Å²) in [6, 6.07) is 6.85.